The monoisotopic (exact) mass is 196 g/mol. The minimum atomic E-state index is -1.97. The van der Waals surface area contributed by atoms with Crippen molar-refractivity contribution in [1.82, 2.24) is 0 Å². The molecule has 0 heterocycles. The second-order valence-electron chi connectivity index (χ2n) is 3.84. The van der Waals surface area contributed by atoms with Crippen LogP contribution in [0.25, 0.3) is 0 Å². The summed E-state index contributed by atoms with van der Waals surface area (Å²) in [5.74, 6) is 0.862. The highest BCUT2D eigenvalue weighted by atomic mass is 28.4. The second-order valence-corrected chi connectivity index (χ2v) is 7.82. The maximum atomic E-state index is 9.71. The molecule has 0 aliphatic rings. The molecule has 0 spiro atoms. The summed E-state index contributed by atoms with van der Waals surface area (Å²) in [6.07, 6.45) is 0. The van der Waals surface area contributed by atoms with Gasteiger partial charge in [-0.15, -0.1) is 0 Å². The van der Waals surface area contributed by atoms with Gasteiger partial charge >= 0.3 is 0 Å². The first-order chi connectivity index (χ1) is 6.01. The molecule has 0 aliphatic heterocycles. The number of methoxy groups -OCH3 is 1. The van der Waals surface area contributed by atoms with Crippen molar-refractivity contribution in [2.45, 2.75) is 19.1 Å². The van der Waals surface area contributed by atoms with Crippen LogP contribution in [0.2, 0.25) is 13.1 Å². The Balaban J connectivity index is 2.70. The van der Waals surface area contributed by atoms with Crippen LogP contribution in [-0.4, -0.2) is 20.2 Å². The Kier molecular flexibility index (Phi) is 3.11. The first kappa shape index (κ1) is 10.3. The fraction of sp³-hybridized carbons (Fsp3) is 0.400. The van der Waals surface area contributed by atoms with Crippen LogP contribution in [0.3, 0.4) is 0 Å². The van der Waals surface area contributed by atoms with Crippen LogP contribution in [0.1, 0.15) is 5.56 Å². The lowest BCUT2D eigenvalue weighted by Crippen LogP contribution is -2.28. The van der Waals surface area contributed by atoms with E-state index in [0.29, 0.717) is 0 Å². The maximum Gasteiger partial charge on any atom is 0.186 e. The van der Waals surface area contributed by atoms with Gasteiger partial charge in [0.25, 0.3) is 0 Å². The van der Waals surface area contributed by atoms with Crippen LogP contribution in [0.4, 0.5) is 0 Å². The van der Waals surface area contributed by atoms with E-state index in [1.54, 1.807) is 7.11 Å². The topological polar surface area (TPSA) is 29.5 Å². The summed E-state index contributed by atoms with van der Waals surface area (Å²) in [6.45, 7) is 3.88. The van der Waals surface area contributed by atoms with Crippen LogP contribution in [0.15, 0.2) is 24.3 Å². The number of benzene rings is 1. The molecule has 0 bridgehead atoms. The van der Waals surface area contributed by atoms with Gasteiger partial charge < -0.3 is 9.53 Å². The van der Waals surface area contributed by atoms with Gasteiger partial charge in [-0.05, 0) is 36.8 Å². The van der Waals surface area contributed by atoms with E-state index >= 15 is 0 Å². The molecule has 0 fully saturated rings. The normalized spacial score (nSPS) is 11.4. The second kappa shape index (κ2) is 3.94. The molecule has 1 aromatic rings. The Bertz CT molecular complexity index is 261. The lowest BCUT2D eigenvalue weighted by atomic mass is 10.2. The van der Waals surface area contributed by atoms with Crippen molar-refractivity contribution in [3.05, 3.63) is 29.8 Å². The molecule has 72 valence electrons. The van der Waals surface area contributed by atoms with Gasteiger partial charge in [0.05, 0.1) is 7.11 Å². The average Bonchev–Trinajstić information content (AvgIpc) is 2.03. The molecule has 0 unspecified atom stereocenters. The fourth-order valence-corrected chi connectivity index (χ4v) is 2.48. The zero-order valence-electron chi connectivity index (χ0n) is 8.37. The van der Waals surface area contributed by atoms with Crippen molar-refractivity contribution in [3.8, 4) is 5.75 Å². The number of hydrogen-bond acceptors (Lipinski definition) is 2. The molecule has 1 aromatic carbocycles. The molecule has 1 rings (SSSR count). The number of rotatable bonds is 3. The summed E-state index contributed by atoms with van der Waals surface area (Å²) in [7, 11) is -0.314. The Morgan fingerprint density at radius 3 is 2.15 bits per heavy atom. The van der Waals surface area contributed by atoms with E-state index in [1.807, 2.05) is 37.4 Å². The summed E-state index contributed by atoms with van der Waals surface area (Å²) in [5.41, 5.74) is 1.18. The highest BCUT2D eigenvalue weighted by Gasteiger charge is 2.16. The van der Waals surface area contributed by atoms with Gasteiger partial charge in [0.15, 0.2) is 8.32 Å². The third-order valence-electron chi connectivity index (χ3n) is 1.80. The van der Waals surface area contributed by atoms with Crippen LogP contribution in [0.5, 0.6) is 5.75 Å². The van der Waals surface area contributed by atoms with Gasteiger partial charge in [-0.25, -0.2) is 0 Å². The lowest BCUT2D eigenvalue weighted by molar-refractivity contribution is 0.414. The van der Waals surface area contributed by atoms with E-state index in [9.17, 15) is 4.80 Å². The molecule has 0 amide bonds. The van der Waals surface area contributed by atoms with Gasteiger partial charge in [0.1, 0.15) is 5.75 Å². The van der Waals surface area contributed by atoms with Gasteiger partial charge in [0, 0.05) is 0 Å². The highest BCUT2D eigenvalue weighted by Crippen LogP contribution is 2.14. The third-order valence-corrected chi connectivity index (χ3v) is 3.07. The van der Waals surface area contributed by atoms with Gasteiger partial charge in [-0.1, -0.05) is 12.1 Å². The molecule has 0 aliphatic carbocycles. The standard InChI is InChI=1S/C10H16O2Si/c1-12-10-6-4-9(5-7-10)8-13(2,3)11/h4-7,11H,8H2,1-3H3. The van der Waals surface area contributed by atoms with Crippen molar-refractivity contribution in [2.75, 3.05) is 7.11 Å². The van der Waals surface area contributed by atoms with Crippen molar-refractivity contribution in [3.63, 3.8) is 0 Å². The minimum absolute atomic E-state index is 0.803. The van der Waals surface area contributed by atoms with E-state index < -0.39 is 8.32 Å². The van der Waals surface area contributed by atoms with E-state index in [0.717, 1.165) is 11.8 Å². The summed E-state index contributed by atoms with van der Waals surface area (Å²) in [5, 5.41) is 0. The van der Waals surface area contributed by atoms with E-state index in [1.165, 1.54) is 5.56 Å². The summed E-state index contributed by atoms with van der Waals surface area (Å²) < 4.78 is 5.05. The Labute approximate surface area is 80.3 Å². The zero-order chi connectivity index (χ0) is 9.90. The Morgan fingerprint density at radius 1 is 1.23 bits per heavy atom. The Morgan fingerprint density at radius 2 is 1.77 bits per heavy atom. The molecular weight excluding hydrogens is 180 g/mol. The highest BCUT2D eigenvalue weighted by molar-refractivity contribution is 6.69. The molecule has 13 heavy (non-hydrogen) atoms. The predicted molar refractivity (Wildman–Crippen MR) is 56.4 cm³/mol. The van der Waals surface area contributed by atoms with Gasteiger partial charge in [0.2, 0.25) is 0 Å². The fourth-order valence-electron chi connectivity index (χ4n) is 1.24. The number of ether oxygens (including phenoxy) is 1. The van der Waals surface area contributed by atoms with Gasteiger partial charge in [-0.2, -0.15) is 0 Å². The van der Waals surface area contributed by atoms with E-state index in [2.05, 4.69) is 0 Å². The lowest BCUT2D eigenvalue weighted by Gasteiger charge is -2.13. The first-order valence-electron chi connectivity index (χ1n) is 4.36. The Hall–Kier alpha value is -0.803. The summed E-state index contributed by atoms with van der Waals surface area (Å²) >= 11 is 0. The van der Waals surface area contributed by atoms with Crippen molar-refractivity contribution >= 4 is 8.32 Å². The third kappa shape index (κ3) is 3.61. The first-order valence-corrected chi connectivity index (χ1v) is 7.52. The summed E-state index contributed by atoms with van der Waals surface area (Å²) in [6, 6.07) is 8.66. The average molecular weight is 196 g/mol. The van der Waals surface area contributed by atoms with Crippen molar-refractivity contribution in [2.24, 2.45) is 0 Å². The van der Waals surface area contributed by atoms with Crippen LogP contribution < -0.4 is 4.74 Å². The molecule has 2 nitrogen and oxygen atoms in total. The van der Waals surface area contributed by atoms with Gasteiger partial charge in [-0.3, -0.25) is 0 Å². The van der Waals surface area contributed by atoms with Crippen LogP contribution in [-0.2, 0) is 6.04 Å². The molecule has 0 saturated heterocycles. The maximum absolute atomic E-state index is 9.71. The quantitative estimate of drug-likeness (QED) is 0.749. The van der Waals surface area contributed by atoms with Crippen molar-refractivity contribution < 1.29 is 9.53 Å². The van der Waals surface area contributed by atoms with Crippen molar-refractivity contribution in [1.29, 1.82) is 0 Å². The van der Waals surface area contributed by atoms with E-state index in [-0.39, 0.29) is 0 Å². The summed E-state index contributed by atoms with van der Waals surface area (Å²) in [4.78, 5) is 9.71. The SMILES string of the molecule is COc1ccc(C[Si](C)(C)O)cc1. The largest absolute Gasteiger partial charge is 0.497 e. The minimum Gasteiger partial charge on any atom is -0.497 e. The van der Waals surface area contributed by atoms with Crippen LogP contribution >= 0.6 is 0 Å². The molecule has 3 heteroatoms. The molecular formula is C10H16O2Si. The molecule has 0 saturated carbocycles. The number of hydrogen-bond donors (Lipinski definition) is 1. The molecule has 0 atom stereocenters. The van der Waals surface area contributed by atoms with E-state index in [4.69, 9.17) is 4.74 Å². The molecule has 1 N–H and O–H groups in total. The van der Waals surface area contributed by atoms with Crippen LogP contribution in [0, 0.1) is 0 Å². The molecule has 0 aromatic heterocycles. The molecule has 0 radical (unpaired) electrons. The predicted octanol–water partition coefficient (Wildman–Crippen LogP) is 1.97. The smallest absolute Gasteiger partial charge is 0.186 e. The zero-order valence-corrected chi connectivity index (χ0v) is 9.37.